The molecule has 26 heavy (non-hydrogen) atoms. The van der Waals surface area contributed by atoms with E-state index in [0.29, 0.717) is 19.7 Å². The number of rotatable bonds is 5. The molecule has 0 aromatic heterocycles. The highest BCUT2D eigenvalue weighted by Gasteiger charge is 2.27. The lowest BCUT2D eigenvalue weighted by molar-refractivity contribution is -0.134. The second kappa shape index (κ2) is 7.98. The molecule has 1 N–H and O–H groups in total. The molecule has 3 rings (SSSR count). The number of benzene rings is 1. The summed E-state index contributed by atoms with van der Waals surface area (Å²) in [4.78, 5) is 25.9. The summed E-state index contributed by atoms with van der Waals surface area (Å²) in [7, 11) is 0. The lowest BCUT2D eigenvalue weighted by Crippen LogP contribution is -2.44. The molecule has 2 heterocycles. The lowest BCUT2D eigenvalue weighted by atomic mass is 9.97. The van der Waals surface area contributed by atoms with Crippen LogP contribution in [0.1, 0.15) is 44.7 Å². The van der Waals surface area contributed by atoms with Crippen LogP contribution in [0.25, 0.3) is 0 Å². The SMILES string of the molecule is CCOc1cc2c(cc1CNC(=O)[C@H]1CCCN(C(C)=O)C1)O[C@H](C)C2. The second-order valence-electron chi connectivity index (χ2n) is 7.16. The average Bonchev–Trinajstić information content (AvgIpc) is 2.98. The van der Waals surface area contributed by atoms with Crippen LogP contribution in [-0.4, -0.2) is 42.5 Å². The molecule has 142 valence electrons. The summed E-state index contributed by atoms with van der Waals surface area (Å²) >= 11 is 0. The molecule has 2 aliphatic heterocycles. The van der Waals surface area contributed by atoms with Crippen molar-refractivity contribution in [3.05, 3.63) is 23.3 Å². The van der Waals surface area contributed by atoms with Crippen molar-refractivity contribution in [2.45, 2.75) is 52.7 Å². The summed E-state index contributed by atoms with van der Waals surface area (Å²) in [6, 6.07) is 4.01. The molecular weight excluding hydrogens is 332 g/mol. The van der Waals surface area contributed by atoms with E-state index in [4.69, 9.17) is 9.47 Å². The molecular formula is C20H28N2O4. The molecule has 0 spiro atoms. The van der Waals surface area contributed by atoms with Gasteiger partial charge in [-0.05, 0) is 38.8 Å². The molecule has 2 aliphatic rings. The maximum absolute atomic E-state index is 12.6. The van der Waals surface area contributed by atoms with E-state index in [1.54, 1.807) is 11.8 Å². The van der Waals surface area contributed by atoms with Gasteiger partial charge >= 0.3 is 0 Å². The number of fused-ring (bicyclic) bond motifs is 1. The smallest absolute Gasteiger partial charge is 0.225 e. The number of ether oxygens (including phenoxy) is 2. The maximum atomic E-state index is 12.6. The van der Waals surface area contributed by atoms with Crippen LogP contribution in [0.15, 0.2) is 12.1 Å². The Kier molecular flexibility index (Phi) is 5.69. The van der Waals surface area contributed by atoms with Gasteiger partial charge < -0.3 is 19.7 Å². The third-order valence-electron chi connectivity index (χ3n) is 5.07. The first-order valence-corrected chi connectivity index (χ1v) is 9.46. The minimum absolute atomic E-state index is 0.00631. The molecule has 0 radical (unpaired) electrons. The molecule has 1 saturated heterocycles. The van der Waals surface area contributed by atoms with E-state index in [-0.39, 0.29) is 23.8 Å². The van der Waals surface area contributed by atoms with E-state index < -0.39 is 0 Å². The van der Waals surface area contributed by atoms with Crippen LogP contribution < -0.4 is 14.8 Å². The van der Waals surface area contributed by atoms with Crippen molar-refractivity contribution >= 4 is 11.8 Å². The van der Waals surface area contributed by atoms with E-state index in [0.717, 1.165) is 48.4 Å². The van der Waals surface area contributed by atoms with Crippen molar-refractivity contribution in [2.75, 3.05) is 19.7 Å². The van der Waals surface area contributed by atoms with E-state index in [1.165, 1.54) is 0 Å². The fourth-order valence-corrected chi connectivity index (χ4v) is 3.71. The zero-order valence-corrected chi connectivity index (χ0v) is 15.8. The Hall–Kier alpha value is -2.24. The van der Waals surface area contributed by atoms with E-state index in [1.807, 2.05) is 26.0 Å². The normalized spacial score (nSPS) is 21.7. The summed E-state index contributed by atoms with van der Waals surface area (Å²) in [5.74, 6) is 1.57. The van der Waals surface area contributed by atoms with Gasteiger partial charge in [-0.15, -0.1) is 0 Å². The number of nitrogens with zero attached hydrogens (tertiary/aromatic N) is 1. The molecule has 6 nitrogen and oxygen atoms in total. The van der Waals surface area contributed by atoms with Crippen molar-refractivity contribution in [2.24, 2.45) is 5.92 Å². The standard InChI is InChI=1S/C20H28N2O4/c1-4-25-18-9-16-8-13(2)26-19(16)10-17(18)11-21-20(24)15-6-5-7-22(12-15)14(3)23/h9-10,13,15H,4-8,11-12H2,1-3H3,(H,21,24)/t13-,15+/m1/s1. The van der Waals surface area contributed by atoms with Crippen LogP contribution in [0.4, 0.5) is 0 Å². The quantitative estimate of drug-likeness (QED) is 0.875. The van der Waals surface area contributed by atoms with Gasteiger partial charge in [0, 0.05) is 44.1 Å². The number of hydrogen-bond acceptors (Lipinski definition) is 4. The number of likely N-dealkylation sites (tertiary alicyclic amines) is 1. The number of carbonyl (C=O) groups is 2. The molecule has 0 unspecified atom stereocenters. The van der Waals surface area contributed by atoms with Crippen LogP contribution in [0.3, 0.4) is 0 Å². The molecule has 1 fully saturated rings. The van der Waals surface area contributed by atoms with Gasteiger partial charge in [0.05, 0.1) is 12.5 Å². The molecule has 2 amide bonds. The van der Waals surface area contributed by atoms with Gasteiger partial charge in [-0.1, -0.05) is 0 Å². The highest BCUT2D eigenvalue weighted by molar-refractivity contribution is 5.80. The maximum Gasteiger partial charge on any atom is 0.225 e. The largest absolute Gasteiger partial charge is 0.494 e. The number of piperidine rings is 1. The average molecular weight is 360 g/mol. The minimum Gasteiger partial charge on any atom is -0.494 e. The van der Waals surface area contributed by atoms with E-state index in [9.17, 15) is 9.59 Å². The van der Waals surface area contributed by atoms with Crippen molar-refractivity contribution in [3.63, 3.8) is 0 Å². The predicted octanol–water partition coefficient (Wildman–Crippen LogP) is 2.28. The molecule has 1 aromatic rings. The van der Waals surface area contributed by atoms with Gasteiger partial charge in [0.2, 0.25) is 11.8 Å². The van der Waals surface area contributed by atoms with E-state index in [2.05, 4.69) is 5.32 Å². The summed E-state index contributed by atoms with van der Waals surface area (Å²) in [5.41, 5.74) is 2.08. The summed E-state index contributed by atoms with van der Waals surface area (Å²) < 4.78 is 11.6. The number of amides is 2. The fourth-order valence-electron chi connectivity index (χ4n) is 3.71. The van der Waals surface area contributed by atoms with E-state index >= 15 is 0 Å². The molecule has 0 saturated carbocycles. The molecule has 0 bridgehead atoms. The van der Waals surface area contributed by atoms with Gasteiger partial charge in [-0.3, -0.25) is 9.59 Å². The molecule has 0 aliphatic carbocycles. The number of nitrogens with one attached hydrogen (secondary N) is 1. The van der Waals surface area contributed by atoms with Gasteiger partial charge in [-0.2, -0.15) is 0 Å². The highest BCUT2D eigenvalue weighted by atomic mass is 16.5. The molecule has 1 aromatic carbocycles. The van der Waals surface area contributed by atoms with Gasteiger partial charge in [-0.25, -0.2) is 0 Å². The van der Waals surface area contributed by atoms with Crippen LogP contribution >= 0.6 is 0 Å². The first kappa shape index (κ1) is 18.5. The zero-order valence-electron chi connectivity index (χ0n) is 15.8. The summed E-state index contributed by atoms with van der Waals surface area (Å²) in [5, 5.41) is 3.02. The van der Waals surface area contributed by atoms with Crippen LogP contribution in [0.5, 0.6) is 11.5 Å². The van der Waals surface area contributed by atoms with Gasteiger partial charge in [0.1, 0.15) is 17.6 Å². The van der Waals surface area contributed by atoms with Crippen molar-refractivity contribution in [1.29, 1.82) is 0 Å². The Morgan fingerprint density at radius 2 is 2.19 bits per heavy atom. The Bertz CT molecular complexity index is 689. The van der Waals surface area contributed by atoms with Crippen molar-refractivity contribution in [1.82, 2.24) is 10.2 Å². The Morgan fingerprint density at radius 1 is 1.38 bits per heavy atom. The predicted molar refractivity (Wildman–Crippen MR) is 98.2 cm³/mol. The van der Waals surface area contributed by atoms with Gasteiger partial charge in [0.25, 0.3) is 0 Å². The first-order chi connectivity index (χ1) is 12.5. The van der Waals surface area contributed by atoms with Crippen molar-refractivity contribution in [3.8, 4) is 11.5 Å². The lowest BCUT2D eigenvalue weighted by Gasteiger charge is -2.31. The van der Waals surface area contributed by atoms with Gasteiger partial charge in [0.15, 0.2) is 0 Å². The van der Waals surface area contributed by atoms with Crippen LogP contribution in [0, 0.1) is 5.92 Å². The third kappa shape index (κ3) is 4.11. The minimum atomic E-state index is -0.145. The fraction of sp³-hybridized carbons (Fsp3) is 0.600. The Labute approximate surface area is 154 Å². The summed E-state index contributed by atoms with van der Waals surface area (Å²) in [6.07, 6.45) is 2.74. The zero-order chi connectivity index (χ0) is 18.7. The van der Waals surface area contributed by atoms with Crippen LogP contribution in [0.2, 0.25) is 0 Å². The Morgan fingerprint density at radius 3 is 2.92 bits per heavy atom. The highest BCUT2D eigenvalue weighted by Crippen LogP contribution is 2.35. The topological polar surface area (TPSA) is 67.9 Å². The molecule has 6 heteroatoms. The van der Waals surface area contributed by atoms with Crippen LogP contribution in [-0.2, 0) is 22.6 Å². The second-order valence-corrected chi connectivity index (χ2v) is 7.16. The number of hydrogen-bond donors (Lipinski definition) is 1. The first-order valence-electron chi connectivity index (χ1n) is 9.46. The number of carbonyl (C=O) groups excluding carboxylic acids is 2. The Balaban J connectivity index is 1.66. The summed E-state index contributed by atoms with van der Waals surface area (Å²) in [6.45, 7) is 7.78. The third-order valence-corrected chi connectivity index (χ3v) is 5.07. The monoisotopic (exact) mass is 360 g/mol. The van der Waals surface area contributed by atoms with Crippen molar-refractivity contribution < 1.29 is 19.1 Å². The molecule has 2 atom stereocenters.